The molecule has 26 heavy (non-hydrogen) atoms. The average Bonchev–Trinajstić information content (AvgIpc) is 3.16. The number of pyridine rings is 2. The number of hydrogen-bond acceptors (Lipinski definition) is 5. The van der Waals surface area contributed by atoms with Crippen LogP contribution in [0.4, 0.5) is 5.69 Å². The highest BCUT2D eigenvalue weighted by Crippen LogP contribution is 2.28. The molecule has 1 aliphatic heterocycles. The van der Waals surface area contributed by atoms with Gasteiger partial charge in [-0.1, -0.05) is 0 Å². The third kappa shape index (κ3) is 2.59. The van der Waals surface area contributed by atoms with Gasteiger partial charge in [-0.2, -0.15) is 5.10 Å². The first-order chi connectivity index (χ1) is 12.8. The Labute approximate surface area is 151 Å². The van der Waals surface area contributed by atoms with E-state index in [0.717, 1.165) is 48.7 Å². The average molecular weight is 345 g/mol. The fourth-order valence-electron chi connectivity index (χ4n) is 3.52. The third-order valence-electron chi connectivity index (χ3n) is 4.95. The van der Waals surface area contributed by atoms with Crippen molar-refractivity contribution in [1.29, 1.82) is 0 Å². The first-order valence-corrected chi connectivity index (χ1v) is 8.82. The molecular formula is C20H19N5O. The van der Waals surface area contributed by atoms with Gasteiger partial charge in [0.25, 0.3) is 0 Å². The van der Waals surface area contributed by atoms with E-state index in [1.165, 1.54) is 16.6 Å². The SMILES string of the molecule is Cc1cc(-c2ccn3ncnc3c2)nc2ccc(N3CCOCC3)cc12. The van der Waals surface area contributed by atoms with Crippen molar-refractivity contribution in [3.63, 3.8) is 0 Å². The molecule has 1 fully saturated rings. The number of rotatable bonds is 2. The van der Waals surface area contributed by atoms with Crippen molar-refractivity contribution in [1.82, 2.24) is 19.6 Å². The number of anilines is 1. The lowest BCUT2D eigenvalue weighted by molar-refractivity contribution is 0.122. The zero-order valence-corrected chi connectivity index (χ0v) is 14.6. The van der Waals surface area contributed by atoms with Gasteiger partial charge in [0, 0.05) is 35.9 Å². The molecule has 1 saturated heterocycles. The number of ether oxygens (including phenoxy) is 1. The lowest BCUT2D eigenvalue weighted by Gasteiger charge is -2.29. The molecule has 4 aromatic rings. The molecule has 6 nitrogen and oxygen atoms in total. The summed E-state index contributed by atoms with van der Waals surface area (Å²) >= 11 is 0. The van der Waals surface area contributed by atoms with E-state index in [1.54, 1.807) is 10.8 Å². The van der Waals surface area contributed by atoms with Crippen LogP contribution < -0.4 is 4.90 Å². The predicted octanol–water partition coefficient (Wildman–Crippen LogP) is 3.09. The van der Waals surface area contributed by atoms with Crippen molar-refractivity contribution in [2.75, 3.05) is 31.2 Å². The van der Waals surface area contributed by atoms with Crippen molar-refractivity contribution in [3.8, 4) is 11.3 Å². The van der Waals surface area contributed by atoms with Gasteiger partial charge in [0.2, 0.25) is 0 Å². The van der Waals surface area contributed by atoms with Crippen molar-refractivity contribution in [2.45, 2.75) is 6.92 Å². The van der Waals surface area contributed by atoms with E-state index in [4.69, 9.17) is 9.72 Å². The molecule has 0 atom stereocenters. The molecule has 1 aromatic carbocycles. The summed E-state index contributed by atoms with van der Waals surface area (Å²) in [7, 11) is 0. The van der Waals surface area contributed by atoms with Gasteiger partial charge in [0.05, 0.1) is 24.4 Å². The second-order valence-electron chi connectivity index (χ2n) is 6.60. The molecule has 0 amide bonds. The van der Waals surface area contributed by atoms with Gasteiger partial charge in [0.1, 0.15) is 6.33 Å². The lowest BCUT2D eigenvalue weighted by atomic mass is 10.0. The highest BCUT2D eigenvalue weighted by Gasteiger charge is 2.13. The number of fused-ring (bicyclic) bond motifs is 2. The minimum Gasteiger partial charge on any atom is -0.378 e. The number of aromatic nitrogens is 4. The van der Waals surface area contributed by atoms with Gasteiger partial charge in [-0.25, -0.2) is 14.5 Å². The van der Waals surface area contributed by atoms with E-state index in [2.05, 4.69) is 46.2 Å². The summed E-state index contributed by atoms with van der Waals surface area (Å²) in [6.45, 7) is 5.60. The number of aryl methyl sites for hydroxylation is 1. The Kier molecular flexibility index (Phi) is 3.57. The van der Waals surface area contributed by atoms with Crippen molar-refractivity contribution in [3.05, 3.63) is 54.5 Å². The van der Waals surface area contributed by atoms with E-state index < -0.39 is 0 Å². The Morgan fingerprint density at radius 1 is 1.04 bits per heavy atom. The minimum atomic E-state index is 0.791. The van der Waals surface area contributed by atoms with Crippen LogP contribution in [0.1, 0.15) is 5.56 Å². The molecule has 6 heteroatoms. The van der Waals surface area contributed by atoms with E-state index in [1.807, 2.05) is 18.3 Å². The lowest BCUT2D eigenvalue weighted by Crippen LogP contribution is -2.36. The third-order valence-corrected chi connectivity index (χ3v) is 4.95. The first kappa shape index (κ1) is 15.3. The van der Waals surface area contributed by atoms with E-state index in [0.29, 0.717) is 0 Å². The summed E-state index contributed by atoms with van der Waals surface area (Å²) < 4.78 is 7.21. The molecule has 0 saturated carbocycles. The van der Waals surface area contributed by atoms with Crippen LogP contribution in [-0.4, -0.2) is 45.9 Å². The molecule has 130 valence electrons. The van der Waals surface area contributed by atoms with Gasteiger partial charge in [-0.05, 0) is 48.9 Å². The highest BCUT2D eigenvalue weighted by atomic mass is 16.5. The quantitative estimate of drug-likeness (QED) is 0.559. The number of benzene rings is 1. The second kappa shape index (κ2) is 6.07. The smallest absolute Gasteiger partial charge is 0.155 e. The van der Waals surface area contributed by atoms with Crippen molar-refractivity contribution < 1.29 is 4.74 Å². The minimum absolute atomic E-state index is 0.791. The molecule has 0 spiro atoms. The van der Waals surface area contributed by atoms with Gasteiger partial charge in [0.15, 0.2) is 5.65 Å². The van der Waals surface area contributed by atoms with Crippen molar-refractivity contribution >= 4 is 22.2 Å². The molecule has 4 heterocycles. The van der Waals surface area contributed by atoms with Crippen LogP contribution >= 0.6 is 0 Å². The maximum Gasteiger partial charge on any atom is 0.155 e. The molecule has 0 aliphatic carbocycles. The first-order valence-electron chi connectivity index (χ1n) is 8.82. The predicted molar refractivity (Wildman–Crippen MR) is 101 cm³/mol. The van der Waals surface area contributed by atoms with Crippen molar-refractivity contribution in [2.24, 2.45) is 0 Å². The Morgan fingerprint density at radius 2 is 1.92 bits per heavy atom. The summed E-state index contributed by atoms with van der Waals surface area (Å²) in [5.41, 5.74) is 6.31. The molecule has 3 aromatic heterocycles. The van der Waals surface area contributed by atoms with E-state index in [-0.39, 0.29) is 0 Å². The van der Waals surface area contributed by atoms with Crippen LogP contribution in [0.15, 0.2) is 48.9 Å². The highest BCUT2D eigenvalue weighted by molar-refractivity contribution is 5.88. The van der Waals surface area contributed by atoms with E-state index in [9.17, 15) is 0 Å². The topological polar surface area (TPSA) is 55.5 Å². The summed E-state index contributed by atoms with van der Waals surface area (Å²) in [5, 5.41) is 5.34. The Balaban J connectivity index is 1.58. The van der Waals surface area contributed by atoms with Gasteiger partial charge in [-0.3, -0.25) is 0 Å². The van der Waals surface area contributed by atoms with Crippen LogP contribution in [0.2, 0.25) is 0 Å². The second-order valence-corrected chi connectivity index (χ2v) is 6.60. The largest absolute Gasteiger partial charge is 0.378 e. The van der Waals surface area contributed by atoms with Gasteiger partial charge < -0.3 is 9.64 Å². The molecule has 0 radical (unpaired) electrons. The van der Waals surface area contributed by atoms with Gasteiger partial charge in [-0.15, -0.1) is 0 Å². The van der Waals surface area contributed by atoms with Crippen LogP contribution in [0.5, 0.6) is 0 Å². The summed E-state index contributed by atoms with van der Waals surface area (Å²) in [6, 6.07) is 12.7. The van der Waals surface area contributed by atoms with Crippen LogP contribution in [0.25, 0.3) is 27.8 Å². The standard InChI is InChI=1S/C20H19N5O/c1-14-10-19(15-4-5-25-20(11-15)21-13-22-25)23-18-3-2-16(12-17(14)18)24-6-8-26-9-7-24/h2-5,10-13H,6-9H2,1H3. The number of nitrogens with zero attached hydrogens (tertiary/aromatic N) is 5. The zero-order chi connectivity index (χ0) is 17.5. The fraction of sp³-hybridized carbons (Fsp3) is 0.250. The Morgan fingerprint density at radius 3 is 2.81 bits per heavy atom. The zero-order valence-electron chi connectivity index (χ0n) is 14.6. The normalized spacial score (nSPS) is 15.0. The van der Waals surface area contributed by atoms with Crippen LogP contribution in [0.3, 0.4) is 0 Å². The number of morpholine rings is 1. The number of hydrogen-bond donors (Lipinski definition) is 0. The van der Waals surface area contributed by atoms with E-state index >= 15 is 0 Å². The molecule has 5 rings (SSSR count). The molecular weight excluding hydrogens is 326 g/mol. The monoisotopic (exact) mass is 345 g/mol. The van der Waals surface area contributed by atoms with Gasteiger partial charge >= 0.3 is 0 Å². The summed E-state index contributed by atoms with van der Waals surface area (Å²) in [4.78, 5) is 11.5. The maximum atomic E-state index is 5.46. The summed E-state index contributed by atoms with van der Waals surface area (Å²) in [5.74, 6) is 0. The molecule has 1 aliphatic rings. The molecule has 0 unspecified atom stereocenters. The fourth-order valence-corrected chi connectivity index (χ4v) is 3.52. The maximum absolute atomic E-state index is 5.46. The Hall–Kier alpha value is -2.99. The van der Waals surface area contributed by atoms with Crippen LogP contribution in [-0.2, 0) is 4.74 Å². The van der Waals surface area contributed by atoms with Crippen LogP contribution in [0, 0.1) is 6.92 Å². The molecule has 0 bridgehead atoms. The Bertz CT molecular complexity index is 1100. The molecule has 0 N–H and O–H groups in total. The summed E-state index contributed by atoms with van der Waals surface area (Å²) in [6.07, 6.45) is 3.48.